The van der Waals surface area contributed by atoms with Gasteiger partial charge in [0.25, 0.3) is 0 Å². The van der Waals surface area contributed by atoms with Gasteiger partial charge in [0.1, 0.15) is 5.54 Å². The average Bonchev–Trinajstić information content (AvgIpc) is 2.91. The van der Waals surface area contributed by atoms with E-state index in [-0.39, 0.29) is 12.1 Å². The van der Waals surface area contributed by atoms with Crippen LogP contribution in [0, 0.1) is 5.92 Å². The molecule has 0 aromatic rings. The van der Waals surface area contributed by atoms with Crippen LogP contribution in [0.15, 0.2) is 0 Å². The molecule has 0 radical (unpaired) electrons. The Balaban J connectivity index is 1.90. The number of methoxy groups -OCH3 is 1. The van der Waals surface area contributed by atoms with E-state index in [0.29, 0.717) is 6.10 Å². The van der Waals surface area contributed by atoms with Crippen molar-refractivity contribution in [1.82, 2.24) is 5.32 Å². The summed E-state index contributed by atoms with van der Waals surface area (Å²) in [6.45, 7) is 5.09. The number of likely N-dealkylation sites (N-methyl/N-ethyl adjacent to an activating group) is 1. The predicted molar refractivity (Wildman–Crippen MR) is 83.2 cm³/mol. The maximum atomic E-state index is 12.1. The first-order valence-corrected chi connectivity index (χ1v) is 8.62. The molecule has 0 saturated heterocycles. The molecule has 21 heavy (non-hydrogen) atoms. The van der Waals surface area contributed by atoms with Gasteiger partial charge in [0.2, 0.25) is 0 Å². The van der Waals surface area contributed by atoms with E-state index >= 15 is 0 Å². The van der Waals surface area contributed by atoms with E-state index < -0.39 is 5.54 Å². The third-order valence-corrected chi connectivity index (χ3v) is 5.26. The normalized spacial score (nSPS) is 36.6. The van der Waals surface area contributed by atoms with Gasteiger partial charge >= 0.3 is 5.97 Å². The second kappa shape index (κ2) is 7.59. The van der Waals surface area contributed by atoms with Gasteiger partial charge in [-0.05, 0) is 38.1 Å². The van der Waals surface area contributed by atoms with E-state index in [1.165, 1.54) is 39.2 Å². The van der Waals surface area contributed by atoms with Crippen LogP contribution >= 0.6 is 0 Å². The summed E-state index contributed by atoms with van der Waals surface area (Å²) in [6.07, 6.45) is 9.38. The van der Waals surface area contributed by atoms with Crippen LogP contribution in [0.1, 0.15) is 65.2 Å². The molecule has 0 amide bonds. The smallest absolute Gasteiger partial charge is 0.326 e. The summed E-state index contributed by atoms with van der Waals surface area (Å²) in [5, 5.41) is 3.34. The first-order chi connectivity index (χ1) is 10.1. The molecule has 1 N–H and O–H groups in total. The van der Waals surface area contributed by atoms with E-state index in [2.05, 4.69) is 12.2 Å². The summed E-state index contributed by atoms with van der Waals surface area (Å²) < 4.78 is 11.3. The molecule has 122 valence electrons. The van der Waals surface area contributed by atoms with Crippen LogP contribution in [0.4, 0.5) is 0 Å². The minimum atomic E-state index is -0.521. The largest absolute Gasteiger partial charge is 0.468 e. The highest BCUT2D eigenvalue weighted by atomic mass is 16.5. The number of nitrogens with one attached hydrogen (secondary N) is 1. The lowest BCUT2D eigenvalue weighted by atomic mass is 9.85. The van der Waals surface area contributed by atoms with Crippen LogP contribution in [0.3, 0.4) is 0 Å². The maximum Gasteiger partial charge on any atom is 0.326 e. The second-order valence-corrected chi connectivity index (χ2v) is 6.67. The monoisotopic (exact) mass is 297 g/mol. The van der Waals surface area contributed by atoms with Crippen molar-refractivity contribution in [3.63, 3.8) is 0 Å². The van der Waals surface area contributed by atoms with Crippen molar-refractivity contribution in [2.75, 3.05) is 13.7 Å². The fraction of sp³-hybridized carbons (Fsp3) is 0.941. The Morgan fingerprint density at radius 2 is 2.05 bits per heavy atom. The molecule has 4 heteroatoms. The minimum Gasteiger partial charge on any atom is -0.468 e. The minimum absolute atomic E-state index is 0.134. The van der Waals surface area contributed by atoms with Crippen LogP contribution in [0.25, 0.3) is 0 Å². The molecule has 2 aliphatic carbocycles. The lowest BCUT2D eigenvalue weighted by molar-refractivity contribution is -0.149. The summed E-state index contributed by atoms with van der Waals surface area (Å²) >= 11 is 0. The Morgan fingerprint density at radius 1 is 1.24 bits per heavy atom. The molecular formula is C17H31NO3. The summed E-state index contributed by atoms with van der Waals surface area (Å²) in [5.41, 5.74) is -0.521. The van der Waals surface area contributed by atoms with Crippen molar-refractivity contribution in [1.29, 1.82) is 0 Å². The van der Waals surface area contributed by atoms with Gasteiger partial charge in [-0.3, -0.25) is 4.79 Å². The summed E-state index contributed by atoms with van der Waals surface area (Å²) in [5.74, 6) is 0.690. The fourth-order valence-electron chi connectivity index (χ4n) is 4.08. The standard InChI is InChI=1S/C17H31NO3/c1-4-13-7-6-8-14(11-13)21-15-9-10-17(12-15,18-5-2)16(19)20-3/h13-15,18H,4-12H2,1-3H3. The van der Waals surface area contributed by atoms with Crippen molar-refractivity contribution < 1.29 is 14.3 Å². The van der Waals surface area contributed by atoms with Gasteiger partial charge in [0.05, 0.1) is 19.3 Å². The highest BCUT2D eigenvalue weighted by Gasteiger charge is 2.46. The van der Waals surface area contributed by atoms with Gasteiger partial charge in [-0.15, -0.1) is 0 Å². The zero-order valence-corrected chi connectivity index (χ0v) is 13.8. The average molecular weight is 297 g/mol. The molecule has 4 atom stereocenters. The van der Waals surface area contributed by atoms with Gasteiger partial charge in [-0.1, -0.05) is 33.1 Å². The first-order valence-electron chi connectivity index (χ1n) is 8.62. The maximum absolute atomic E-state index is 12.1. The third-order valence-electron chi connectivity index (χ3n) is 5.26. The molecule has 0 aliphatic heterocycles. The van der Waals surface area contributed by atoms with Crippen molar-refractivity contribution in [3.05, 3.63) is 0 Å². The van der Waals surface area contributed by atoms with Crippen molar-refractivity contribution in [2.24, 2.45) is 5.92 Å². The SMILES string of the molecule is CCNC1(C(=O)OC)CCC(OC2CCCC(CC)C2)C1. The van der Waals surface area contributed by atoms with Crippen LogP contribution in [0.5, 0.6) is 0 Å². The third kappa shape index (κ3) is 3.98. The van der Waals surface area contributed by atoms with E-state index in [0.717, 1.165) is 31.7 Å². The molecular weight excluding hydrogens is 266 g/mol. The lowest BCUT2D eigenvalue weighted by Crippen LogP contribution is -2.51. The topological polar surface area (TPSA) is 47.6 Å². The molecule has 2 aliphatic rings. The van der Waals surface area contributed by atoms with Crippen LogP contribution in [0.2, 0.25) is 0 Å². The van der Waals surface area contributed by atoms with E-state index in [9.17, 15) is 4.79 Å². The number of rotatable bonds is 6. The van der Waals surface area contributed by atoms with Gasteiger partial charge in [-0.25, -0.2) is 0 Å². The fourth-order valence-corrected chi connectivity index (χ4v) is 4.08. The van der Waals surface area contributed by atoms with Gasteiger partial charge < -0.3 is 14.8 Å². The Labute approximate surface area is 129 Å². The first kappa shape index (κ1) is 16.8. The number of esters is 1. The number of hydrogen-bond donors (Lipinski definition) is 1. The second-order valence-electron chi connectivity index (χ2n) is 6.67. The van der Waals surface area contributed by atoms with Crippen molar-refractivity contribution >= 4 is 5.97 Å². The molecule has 4 unspecified atom stereocenters. The van der Waals surface area contributed by atoms with E-state index in [1.807, 2.05) is 6.92 Å². The molecule has 0 aromatic heterocycles. The van der Waals surface area contributed by atoms with Crippen LogP contribution in [-0.4, -0.2) is 37.4 Å². The van der Waals surface area contributed by atoms with Gasteiger partial charge in [0.15, 0.2) is 0 Å². The lowest BCUT2D eigenvalue weighted by Gasteiger charge is -2.31. The quantitative estimate of drug-likeness (QED) is 0.766. The number of ether oxygens (including phenoxy) is 2. The number of hydrogen-bond acceptors (Lipinski definition) is 4. The zero-order chi connectivity index (χ0) is 15.3. The van der Waals surface area contributed by atoms with E-state index in [4.69, 9.17) is 9.47 Å². The van der Waals surface area contributed by atoms with Crippen molar-refractivity contribution in [3.8, 4) is 0 Å². The van der Waals surface area contributed by atoms with E-state index in [1.54, 1.807) is 0 Å². The Bertz CT molecular complexity index is 347. The molecule has 2 fully saturated rings. The summed E-state index contributed by atoms with van der Waals surface area (Å²) in [6, 6.07) is 0. The summed E-state index contributed by atoms with van der Waals surface area (Å²) in [7, 11) is 1.47. The predicted octanol–water partition coefficient (Wildman–Crippen LogP) is 3.05. The highest BCUT2D eigenvalue weighted by Crippen LogP contribution is 2.36. The Hall–Kier alpha value is -0.610. The van der Waals surface area contributed by atoms with Crippen LogP contribution in [-0.2, 0) is 14.3 Å². The number of carbonyl (C=O) groups excluding carboxylic acids is 1. The molecule has 0 aromatic carbocycles. The Kier molecular flexibility index (Phi) is 6.06. The van der Waals surface area contributed by atoms with Gasteiger partial charge in [0, 0.05) is 6.42 Å². The molecule has 0 spiro atoms. The molecule has 2 rings (SSSR count). The number of carbonyl (C=O) groups is 1. The van der Waals surface area contributed by atoms with Crippen molar-refractivity contribution in [2.45, 2.75) is 83.0 Å². The highest BCUT2D eigenvalue weighted by molar-refractivity contribution is 5.81. The zero-order valence-electron chi connectivity index (χ0n) is 13.8. The summed E-state index contributed by atoms with van der Waals surface area (Å²) in [4.78, 5) is 12.1. The molecule has 2 saturated carbocycles. The molecule has 0 bridgehead atoms. The van der Waals surface area contributed by atoms with Crippen LogP contribution < -0.4 is 5.32 Å². The van der Waals surface area contributed by atoms with Gasteiger partial charge in [-0.2, -0.15) is 0 Å². The molecule has 4 nitrogen and oxygen atoms in total. The Morgan fingerprint density at radius 3 is 2.71 bits per heavy atom. The molecule has 0 heterocycles.